The molecule has 1 aromatic heterocycles. The van der Waals surface area contributed by atoms with Crippen LogP contribution in [0.15, 0.2) is 12.4 Å². The summed E-state index contributed by atoms with van der Waals surface area (Å²) in [6.07, 6.45) is 2.60. The van der Waals surface area contributed by atoms with Gasteiger partial charge in [0.15, 0.2) is 5.82 Å². The van der Waals surface area contributed by atoms with Crippen molar-refractivity contribution in [3.05, 3.63) is 12.4 Å². The highest BCUT2D eigenvalue weighted by atomic mass is 35.5. The molecule has 1 heterocycles. The number of hydrogen-bond donors (Lipinski definition) is 3. The van der Waals surface area contributed by atoms with Crippen LogP contribution in [0.25, 0.3) is 0 Å². The van der Waals surface area contributed by atoms with Crippen molar-refractivity contribution in [1.29, 1.82) is 0 Å². The van der Waals surface area contributed by atoms with Crippen molar-refractivity contribution in [1.82, 2.24) is 15.3 Å². The van der Waals surface area contributed by atoms with Gasteiger partial charge in [0.2, 0.25) is 0 Å². The lowest BCUT2D eigenvalue weighted by Crippen LogP contribution is -2.35. The van der Waals surface area contributed by atoms with E-state index in [0.29, 0.717) is 24.3 Å². The van der Waals surface area contributed by atoms with Crippen LogP contribution in [0.1, 0.15) is 27.7 Å². The third-order valence-corrected chi connectivity index (χ3v) is 2.26. The molecule has 0 amide bonds. The lowest BCUT2D eigenvalue weighted by molar-refractivity contribution is 0.102. The van der Waals surface area contributed by atoms with Crippen LogP contribution in [0.3, 0.4) is 0 Å². The maximum atomic E-state index is 9.78. The molecule has 0 aliphatic rings. The summed E-state index contributed by atoms with van der Waals surface area (Å²) >= 11 is 0. The second kappa shape index (κ2) is 11.8. The Hall–Kier alpha value is -0.820. The quantitative estimate of drug-likeness (QED) is 0.670. The Kier molecular flexibility index (Phi) is 12.6. The Bertz CT molecular complexity index is 381. The van der Waals surface area contributed by atoms with Crippen LogP contribution in [0, 0.1) is 0 Å². The first-order chi connectivity index (χ1) is 8.99. The molecule has 0 saturated heterocycles. The summed E-state index contributed by atoms with van der Waals surface area (Å²) in [6, 6.07) is 0.580. The van der Waals surface area contributed by atoms with Crippen LogP contribution in [0.4, 0.5) is 5.82 Å². The maximum absolute atomic E-state index is 9.78. The highest BCUT2D eigenvalue weighted by Gasteiger charge is 2.11. The van der Waals surface area contributed by atoms with Crippen molar-refractivity contribution in [2.45, 2.75) is 45.9 Å². The maximum Gasteiger partial charge on any atom is 0.257 e. The second-order valence-corrected chi connectivity index (χ2v) is 5.04. The van der Waals surface area contributed by atoms with E-state index >= 15 is 0 Å². The second-order valence-electron chi connectivity index (χ2n) is 5.04. The first kappa shape index (κ1) is 22.5. The van der Waals surface area contributed by atoms with E-state index in [1.54, 1.807) is 12.4 Å². The minimum atomic E-state index is -0.573. The van der Waals surface area contributed by atoms with Gasteiger partial charge < -0.3 is 20.5 Å². The number of ether oxygens (including phenoxy) is 1. The fourth-order valence-corrected chi connectivity index (χ4v) is 1.41. The zero-order valence-corrected chi connectivity index (χ0v) is 14.5. The fourth-order valence-electron chi connectivity index (χ4n) is 1.41. The lowest BCUT2D eigenvalue weighted by Gasteiger charge is -2.16. The van der Waals surface area contributed by atoms with Crippen molar-refractivity contribution < 1.29 is 9.84 Å². The normalized spacial score (nSPS) is 11.6. The lowest BCUT2D eigenvalue weighted by atomic mass is 10.3. The zero-order chi connectivity index (χ0) is 14.3. The van der Waals surface area contributed by atoms with E-state index in [9.17, 15) is 5.11 Å². The number of aliphatic hydroxyl groups excluding tert-OH is 1. The highest BCUT2D eigenvalue weighted by Crippen LogP contribution is 2.18. The molecule has 0 fully saturated rings. The van der Waals surface area contributed by atoms with Crippen molar-refractivity contribution in [3.63, 3.8) is 0 Å². The molecule has 0 aromatic carbocycles. The third kappa shape index (κ3) is 9.68. The molecule has 0 saturated carbocycles. The van der Waals surface area contributed by atoms with Crippen molar-refractivity contribution in [2.75, 3.05) is 18.5 Å². The van der Waals surface area contributed by atoms with Gasteiger partial charge in [0, 0.05) is 31.0 Å². The summed E-state index contributed by atoms with van der Waals surface area (Å²) in [7, 11) is 0. The fraction of sp³-hybridized carbons (Fsp3) is 0.692. The van der Waals surface area contributed by atoms with E-state index in [0.717, 1.165) is 0 Å². The summed E-state index contributed by atoms with van der Waals surface area (Å²) < 4.78 is 5.51. The number of nitrogens with zero attached hydrogens (tertiary/aromatic N) is 2. The largest absolute Gasteiger partial charge is 0.472 e. The van der Waals surface area contributed by atoms with Crippen LogP contribution in [0.5, 0.6) is 5.88 Å². The molecule has 1 rings (SSSR count). The molecule has 0 radical (unpaired) electrons. The predicted octanol–water partition coefficient (Wildman–Crippen LogP) is 1.88. The van der Waals surface area contributed by atoms with Gasteiger partial charge in [0.1, 0.15) is 12.7 Å². The summed E-state index contributed by atoms with van der Waals surface area (Å²) in [5, 5.41) is 16.1. The minimum Gasteiger partial charge on any atom is -0.472 e. The van der Waals surface area contributed by atoms with Gasteiger partial charge in [-0.15, -0.1) is 24.8 Å². The van der Waals surface area contributed by atoms with Gasteiger partial charge in [0.05, 0.1) is 0 Å². The predicted molar refractivity (Wildman–Crippen MR) is 89.9 cm³/mol. The molecule has 0 bridgehead atoms. The smallest absolute Gasteiger partial charge is 0.257 e. The monoisotopic (exact) mass is 340 g/mol. The molecule has 1 atom stereocenters. The molecular weight excluding hydrogens is 315 g/mol. The SMILES string of the molecule is CC(C)NCC(O)COc1nccnc1NC(C)C.Cl.Cl. The number of anilines is 1. The summed E-state index contributed by atoms with van der Waals surface area (Å²) in [4.78, 5) is 8.30. The topological polar surface area (TPSA) is 79.3 Å². The number of aromatic nitrogens is 2. The van der Waals surface area contributed by atoms with Gasteiger partial charge in [-0.05, 0) is 13.8 Å². The first-order valence-corrected chi connectivity index (χ1v) is 6.60. The molecule has 6 nitrogen and oxygen atoms in total. The Balaban J connectivity index is 0. The number of halogens is 2. The molecule has 0 aliphatic heterocycles. The van der Waals surface area contributed by atoms with E-state index in [-0.39, 0.29) is 37.5 Å². The highest BCUT2D eigenvalue weighted by molar-refractivity contribution is 5.85. The van der Waals surface area contributed by atoms with Crippen LogP contribution in [-0.2, 0) is 0 Å². The van der Waals surface area contributed by atoms with Crippen LogP contribution in [0.2, 0.25) is 0 Å². The van der Waals surface area contributed by atoms with E-state index in [1.807, 2.05) is 27.7 Å². The molecule has 21 heavy (non-hydrogen) atoms. The van der Waals surface area contributed by atoms with Crippen molar-refractivity contribution in [3.8, 4) is 5.88 Å². The van der Waals surface area contributed by atoms with E-state index in [2.05, 4.69) is 20.6 Å². The summed E-state index contributed by atoms with van der Waals surface area (Å²) in [6.45, 7) is 8.76. The van der Waals surface area contributed by atoms with Crippen molar-refractivity contribution in [2.24, 2.45) is 0 Å². The Morgan fingerprint density at radius 3 is 2.29 bits per heavy atom. The number of nitrogens with one attached hydrogen (secondary N) is 2. The molecule has 3 N–H and O–H groups in total. The first-order valence-electron chi connectivity index (χ1n) is 6.60. The molecular formula is C13H26Cl2N4O2. The van der Waals surface area contributed by atoms with Gasteiger partial charge in [-0.1, -0.05) is 13.8 Å². The Morgan fingerprint density at radius 1 is 1.10 bits per heavy atom. The molecule has 1 aromatic rings. The van der Waals surface area contributed by atoms with E-state index in [4.69, 9.17) is 4.74 Å². The number of aliphatic hydroxyl groups is 1. The molecule has 1 unspecified atom stereocenters. The Labute approximate surface area is 138 Å². The van der Waals surface area contributed by atoms with Gasteiger partial charge >= 0.3 is 0 Å². The van der Waals surface area contributed by atoms with Crippen LogP contribution >= 0.6 is 24.8 Å². The van der Waals surface area contributed by atoms with E-state index < -0.39 is 6.10 Å². The van der Waals surface area contributed by atoms with Gasteiger partial charge in [0.25, 0.3) is 5.88 Å². The standard InChI is InChI=1S/C13H24N4O2.2ClH/c1-9(2)16-7-11(18)8-19-13-12(17-10(3)4)14-5-6-15-13;;/h5-6,9-11,16,18H,7-8H2,1-4H3,(H,14,17);2*1H. The average molecular weight is 341 g/mol. The van der Waals surface area contributed by atoms with Gasteiger partial charge in [-0.3, -0.25) is 0 Å². The van der Waals surface area contributed by atoms with Crippen LogP contribution in [-0.4, -0.2) is 46.4 Å². The Morgan fingerprint density at radius 2 is 1.71 bits per heavy atom. The summed E-state index contributed by atoms with van der Waals surface area (Å²) in [5.41, 5.74) is 0. The molecule has 124 valence electrons. The zero-order valence-electron chi connectivity index (χ0n) is 12.9. The van der Waals surface area contributed by atoms with Crippen LogP contribution < -0.4 is 15.4 Å². The van der Waals surface area contributed by atoms with Gasteiger partial charge in [-0.2, -0.15) is 0 Å². The minimum absolute atomic E-state index is 0. The molecule has 0 aliphatic carbocycles. The van der Waals surface area contributed by atoms with E-state index in [1.165, 1.54) is 0 Å². The average Bonchev–Trinajstić information content (AvgIpc) is 2.34. The van der Waals surface area contributed by atoms with Crippen molar-refractivity contribution >= 4 is 30.6 Å². The number of rotatable bonds is 8. The third-order valence-electron chi connectivity index (χ3n) is 2.26. The number of hydrogen-bond acceptors (Lipinski definition) is 6. The molecule has 8 heteroatoms. The summed E-state index contributed by atoms with van der Waals surface area (Å²) in [5.74, 6) is 1.02. The van der Waals surface area contributed by atoms with Gasteiger partial charge in [-0.25, -0.2) is 9.97 Å². The molecule has 0 spiro atoms.